The number of likely N-dealkylation sites (N-methyl/N-ethyl adjacent to an activating group) is 1. The van der Waals surface area contributed by atoms with E-state index in [-0.39, 0.29) is 23.3 Å². The Balaban J connectivity index is 1.84. The molecule has 0 radical (unpaired) electrons. The van der Waals surface area contributed by atoms with E-state index in [1.807, 2.05) is 36.4 Å². The molecule has 0 aromatic heterocycles. The smallest absolute Gasteiger partial charge is 0.157 e. The molecule has 0 bridgehead atoms. The van der Waals surface area contributed by atoms with Crippen LogP contribution in [0.4, 0.5) is 0 Å². The van der Waals surface area contributed by atoms with Crippen molar-refractivity contribution in [3.63, 3.8) is 0 Å². The molecule has 31 heavy (non-hydrogen) atoms. The van der Waals surface area contributed by atoms with Crippen LogP contribution in [0.1, 0.15) is 49.3 Å². The van der Waals surface area contributed by atoms with Crippen LogP contribution in [0.15, 0.2) is 72.8 Å². The van der Waals surface area contributed by atoms with Crippen LogP contribution >= 0.6 is 0 Å². The molecule has 0 spiro atoms. The molecule has 0 aliphatic carbocycles. The zero-order valence-corrected chi connectivity index (χ0v) is 18.7. The predicted molar refractivity (Wildman–Crippen MR) is 126 cm³/mol. The Morgan fingerprint density at radius 3 is 2.03 bits per heavy atom. The average Bonchev–Trinajstić information content (AvgIpc) is 2.80. The van der Waals surface area contributed by atoms with E-state index in [1.165, 1.54) is 5.56 Å². The molecule has 3 aromatic rings. The SMILES string of the molecule is CCN(CC)CCOc1ccc(C(c2ccc(O)c(O)c2)C(C)c2ccccc2)cc1. The van der Waals surface area contributed by atoms with Crippen LogP contribution in [0.25, 0.3) is 0 Å². The maximum Gasteiger partial charge on any atom is 0.157 e. The lowest BCUT2D eigenvalue weighted by atomic mass is 9.78. The number of nitrogens with zero attached hydrogens (tertiary/aromatic N) is 1. The highest BCUT2D eigenvalue weighted by Gasteiger charge is 2.24. The minimum atomic E-state index is -0.105. The van der Waals surface area contributed by atoms with E-state index in [0.29, 0.717) is 6.61 Å². The second-order valence-corrected chi connectivity index (χ2v) is 7.87. The fraction of sp³-hybridized carbons (Fsp3) is 0.333. The fourth-order valence-corrected chi connectivity index (χ4v) is 4.06. The number of rotatable bonds is 10. The highest BCUT2D eigenvalue weighted by atomic mass is 16.5. The number of benzene rings is 3. The Kier molecular flexibility index (Phi) is 7.96. The van der Waals surface area contributed by atoms with Gasteiger partial charge in [0.25, 0.3) is 0 Å². The molecule has 0 amide bonds. The maximum absolute atomic E-state index is 10.1. The predicted octanol–water partition coefficient (Wildman–Crippen LogP) is 5.75. The van der Waals surface area contributed by atoms with Crippen LogP contribution in [0.2, 0.25) is 0 Å². The van der Waals surface area contributed by atoms with E-state index in [2.05, 4.69) is 49.9 Å². The second kappa shape index (κ2) is 10.9. The number of phenols is 2. The number of hydrogen-bond donors (Lipinski definition) is 2. The second-order valence-electron chi connectivity index (χ2n) is 7.87. The molecule has 2 unspecified atom stereocenters. The third kappa shape index (κ3) is 5.80. The Labute approximate surface area is 185 Å². The minimum Gasteiger partial charge on any atom is -0.504 e. The van der Waals surface area contributed by atoms with E-state index in [1.54, 1.807) is 12.1 Å². The maximum atomic E-state index is 10.1. The summed E-state index contributed by atoms with van der Waals surface area (Å²) in [6, 6.07) is 23.7. The summed E-state index contributed by atoms with van der Waals surface area (Å²) < 4.78 is 5.95. The van der Waals surface area contributed by atoms with Gasteiger partial charge >= 0.3 is 0 Å². The van der Waals surface area contributed by atoms with Crippen molar-refractivity contribution in [1.82, 2.24) is 4.90 Å². The summed E-state index contributed by atoms with van der Waals surface area (Å²) in [6.45, 7) is 10.1. The molecule has 3 rings (SSSR count). The molecular weight excluding hydrogens is 386 g/mol. The van der Waals surface area contributed by atoms with Gasteiger partial charge in [-0.25, -0.2) is 0 Å². The largest absolute Gasteiger partial charge is 0.504 e. The van der Waals surface area contributed by atoms with Gasteiger partial charge in [0.05, 0.1) is 0 Å². The monoisotopic (exact) mass is 419 g/mol. The summed E-state index contributed by atoms with van der Waals surface area (Å²) >= 11 is 0. The van der Waals surface area contributed by atoms with Crippen molar-refractivity contribution in [2.24, 2.45) is 0 Å². The number of phenolic OH excluding ortho intramolecular Hbond substituents is 2. The molecule has 2 atom stereocenters. The summed E-state index contributed by atoms with van der Waals surface area (Å²) in [5.74, 6) is 0.861. The Hall–Kier alpha value is -2.98. The average molecular weight is 420 g/mol. The zero-order valence-electron chi connectivity index (χ0n) is 18.7. The molecule has 3 aromatic carbocycles. The third-order valence-electron chi connectivity index (χ3n) is 5.99. The molecular formula is C27H33NO3. The van der Waals surface area contributed by atoms with Crippen molar-refractivity contribution in [2.45, 2.75) is 32.6 Å². The molecule has 0 saturated carbocycles. The van der Waals surface area contributed by atoms with Crippen LogP contribution in [0.5, 0.6) is 17.2 Å². The lowest BCUT2D eigenvalue weighted by Crippen LogP contribution is -2.27. The first-order valence-corrected chi connectivity index (χ1v) is 11.0. The van der Waals surface area contributed by atoms with Gasteiger partial charge in [-0.1, -0.05) is 69.3 Å². The fourth-order valence-electron chi connectivity index (χ4n) is 4.06. The van der Waals surface area contributed by atoms with Crippen LogP contribution in [0, 0.1) is 0 Å². The van der Waals surface area contributed by atoms with Crippen molar-refractivity contribution in [3.8, 4) is 17.2 Å². The summed E-state index contributed by atoms with van der Waals surface area (Å²) in [4.78, 5) is 2.34. The number of hydrogen-bond acceptors (Lipinski definition) is 4. The summed E-state index contributed by atoms with van der Waals surface area (Å²) in [5.41, 5.74) is 3.32. The van der Waals surface area contributed by atoms with E-state index in [4.69, 9.17) is 4.74 Å². The first kappa shape index (κ1) is 22.7. The van der Waals surface area contributed by atoms with Crippen molar-refractivity contribution < 1.29 is 14.9 Å². The molecule has 4 heteroatoms. The summed E-state index contributed by atoms with van der Waals surface area (Å²) in [7, 11) is 0. The van der Waals surface area contributed by atoms with Gasteiger partial charge in [-0.3, -0.25) is 0 Å². The first-order valence-electron chi connectivity index (χ1n) is 11.0. The molecule has 0 aliphatic rings. The van der Waals surface area contributed by atoms with Gasteiger partial charge < -0.3 is 19.8 Å². The van der Waals surface area contributed by atoms with Crippen LogP contribution < -0.4 is 4.74 Å². The van der Waals surface area contributed by atoms with Gasteiger partial charge in [-0.15, -0.1) is 0 Å². The topological polar surface area (TPSA) is 52.9 Å². The van der Waals surface area contributed by atoms with Gasteiger partial charge in [-0.2, -0.15) is 0 Å². The van der Waals surface area contributed by atoms with Crippen molar-refractivity contribution in [3.05, 3.63) is 89.5 Å². The first-order chi connectivity index (χ1) is 15.0. The lowest BCUT2D eigenvalue weighted by molar-refractivity contribution is 0.223. The Morgan fingerprint density at radius 1 is 0.774 bits per heavy atom. The highest BCUT2D eigenvalue weighted by molar-refractivity contribution is 5.46. The Morgan fingerprint density at radius 2 is 1.42 bits per heavy atom. The van der Waals surface area contributed by atoms with Crippen molar-refractivity contribution in [1.29, 1.82) is 0 Å². The molecule has 0 fully saturated rings. The van der Waals surface area contributed by atoms with Gasteiger partial charge in [0, 0.05) is 12.5 Å². The molecule has 2 N–H and O–H groups in total. The number of ether oxygens (including phenoxy) is 1. The van der Waals surface area contributed by atoms with Gasteiger partial charge in [0.2, 0.25) is 0 Å². The molecule has 0 aliphatic heterocycles. The van der Waals surface area contributed by atoms with E-state index in [0.717, 1.165) is 36.5 Å². The molecule has 0 saturated heterocycles. The van der Waals surface area contributed by atoms with Gasteiger partial charge in [0.1, 0.15) is 12.4 Å². The molecule has 164 valence electrons. The van der Waals surface area contributed by atoms with Crippen molar-refractivity contribution >= 4 is 0 Å². The minimum absolute atomic E-state index is 0.0265. The standard InChI is InChI=1S/C27H33NO3/c1-4-28(5-2)17-18-31-24-14-11-22(12-15-24)27(20(3)21-9-7-6-8-10-21)23-13-16-25(29)26(30)19-23/h6-16,19-20,27,29-30H,4-5,17-18H2,1-3H3. The van der Waals surface area contributed by atoms with Crippen LogP contribution in [0.3, 0.4) is 0 Å². The van der Waals surface area contributed by atoms with E-state index < -0.39 is 0 Å². The third-order valence-corrected chi connectivity index (χ3v) is 5.99. The highest BCUT2D eigenvalue weighted by Crippen LogP contribution is 2.41. The Bertz CT molecular complexity index is 936. The van der Waals surface area contributed by atoms with Gasteiger partial charge in [-0.05, 0) is 60.0 Å². The summed E-state index contributed by atoms with van der Waals surface area (Å²) in [5, 5.41) is 19.9. The van der Waals surface area contributed by atoms with Crippen molar-refractivity contribution in [2.75, 3.05) is 26.2 Å². The number of aromatic hydroxyl groups is 2. The summed E-state index contributed by atoms with van der Waals surface area (Å²) in [6.07, 6.45) is 0. The normalized spacial score (nSPS) is 13.2. The van der Waals surface area contributed by atoms with E-state index >= 15 is 0 Å². The van der Waals surface area contributed by atoms with Crippen LogP contribution in [-0.4, -0.2) is 41.4 Å². The van der Waals surface area contributed by atoms with Crippen LogP contribution in [-0.2, 0) is 0 Å². The molecule has 4 nitrogen and oxygen atoms in total. The quantitative estimate of drug-likeness (QED) is 0.411. The van der Waals surface area contributed by atoms with Gasteiger partial charge in [0.15, 0.2) is 11.5 Å². The lowest BCUT2D eigenvalue weighted by Gasteiger charge is -2.26. The van der Waals surface area contributed by atoms with E-state index in [9.17, 15) is 10.2 Å². The zero-order chi connectivity index (χ0) is 22.2. The molecule has 0 heterocycles.